The molecule has 0 bridgehead atoms. The first-order valence-corrected chi connectivity index (χ1v) is 9.09. The minimum Gasteiger partial charge on any atom is -0.363 e. The Kier molecular flexibility index (Phi) is 4.38. The zero-order chi connectivity index (χ0) is 16.6. The number of aromatic amines is 1. The topological polar surface area (TPSA) is 168 Å². The zero-order valence-electron chi connectivity index (χ0n) is 11.0. The highest BCUT2D eigenvalue weighted by molar-refractivity contribution is 7.72. The van der Waals surface area contributed by atoms with Crippen molar-refractivity contribution in [3.8, 4) is 11.3 Å². The van der Waals surface area contributed by atoms with Crippen LogP contribution in [-0.2, 0) is 15.7 Å². The van der Waals surface area contributed by atoms with E-state index < -0.39 is 26.8 Å². The fraction of sp³-hybridized carbons (Fsp3) is 0.200. The van der Waals surface area contributed by atoms with Crippen LogP contribution in [0.25, 0.3) is 11.3 Å². The normalized spacial score (nSPS) is 13.3. The molecule has 0 spiro atoms. The number of nitrogens with one attached hydrogen (secondary N) is 1. The molecule has 0 fully saturated rings. The highest BCUT2D eigenvalue weighted by Crippen LogP contribution is 2.67. The number of aliphatic hydroxyl groups is 1. The van der Waals surface area contributed by atoms with Gasteiger partial charge in [-0.15, -0.1) is 0 Å². The molecule has 2 aromatic heterocycles. The van der Waals surface area contributed by atoms with Gasteiger partial charge in [-0.25, -0.2) is 4.98 Å². The van der Waals surface area contributed by atoms with Crippen LogP contribution in [0, 0.1) is 0 Å². The maximum Gasteiger partial charge on any atom is 0.376 e. The first kappa shape index (κ1) is 17.0. The second-order valence-electron chi connectivity index (χ2n) is 4.58. The molecule has 0 radical (unpaired) electrons. The van der Waals surface area contributed by atoms with Gasteiger partial charge in [-0.05, 0) is 6.07 Å². The monoisotopic (exact) mass is 350 g/mol. The van der Waals surface area contributed by atoms with E-state index in [1.54, 1.807) is 12.3 Å². The van der Waals surface area contributed by atoms with Gasteiger partial charge in [-0.2, -0.15) is 4.57 Å². The standard InChI is InChI=1S/C10H13N3O7P2/c14-10(21(15,16)17,22(18,19)20)6-13-3-1-2-8(5-13)9-4-11-7-12-9/h1-5,7,14H,6H2,(H4-,11,12,15,16,17,18,19,20)/p+1. The lowest BCUT2D eigenvalue weighted by Crippen LogP contribution is -2.47. The Labute approximate surface area is 124 Å². The van der Waals surface area contributed by atoms with Crippen LogP contribution in [0.5, 0.6) is 0 Å². The zero-order valence-corrected chi connectivity index (χ0v) is 12.8. The molecule has 0 unspecified atom stereocenters. The highest BCUT2D eigenvalue weighted by atomic mass is 31.2. The Hall–Kier alpha value is -1.38. The molecule has 0 aliphatic rings. The van der Waals surface area contributed by atoms with Gasteiger partial charge in [0.15, 0.2) is 12.4 Å². The Morgan fingerprint density at radius 3 is 2.36 bits per heavy atom. The minimum absolute atomic E-state index is 0.519. The number of H-pyrrole nitrogens is 1. The summed E-state index contributed by atoms with van der Waals surface area (Å²) >= 11 is 0. The van der Waals surface area contributed by atoms with Gasteiger partial charge >= 0.3 is 20.3 Å². The van der Waals surface area contributed by atoms with Crippen LogP contribution in [0.4, 0.5) is 0 Å². The van der Waals surface area contributed by atoms with Crippen molar-refractivity contribution in [1.29, 1.82) is 0 Å². The first-order valence-electron chi connectivity index (χ1n) is 5.86. The molecule has 12 heteroatoms. The largest absolute Gasteiger partial charge is 0.376 e. The van der Waals surface area contributed by atoms with Crippen LogP contribution >= 0.6 is 15.2 Å². The molecule has 0 amide bonds. The molecule has 0 saturated heterocycles. The Morgan fingerprint density at radius 2 is 1.86 bits per heavy atom. The molecule has 0 aromatic carbocycles. The number of pyridine rings is 1. The van der Waals surface area contributed by atoms with Gasteiger partial charge in [0, 0.05) is 12.3 Å². The molecule has 22 heavy (non-hydrogen) atoms. The number of hydrogen-bond acceptors (Lipinski definition) is 4. The van der Waals surface area contributed by atoms with E-state index in [2.05, 4.69) is 9.97 Å². The van der Waals surface area contributed by atoms with E-state index in [4.69, 9.17) is 19.6 Å². The number of rotatable bonds is 5. The molecular formula is C10H14N3O7P2+. The molecule has 0 atom stereocenters. The van der Waals surface area contributed by atoms with Crippen molar-refractivity contribution >= 4 is 15.2 Å². The molecular weight excluding hydrogens is 336 g/mol. The van der Waals surface area contributed by atoms with Crippen molar-refractivity contribution in [1.82, 2.24) is 9.97 Å². The third-order valence-corrected chi connectivity index (χ3v) is 6.69. The molecule has 2 rings (SSSR count). The SMILES string of the molecule is O=P(O)(O)C(O)(C[n+]1cccc(-c2c[nH]cn2)c1)P(=O)(O)O. The van der Waals surface area contributed by atoms with Crippen LogP contribution < -0.4 is 4.57 Å². The van der Waals surface area contributed by atoms with Gasteiger partial charge in [0.2, 0.25) is 6.54 Å². The lowest BCUT2D eigenvalue weighted by molar-refractivity contribution is -0.703. The van der Waals surface area contributed by atoms with E-state index in [1.807, 2.05) is 0 Å². The van der Waals surface area contributed by atoms with Crippen molar-refractivity contribution in [2.45, 2.75) is 11.6 Å². The fourth-order valence-electron chi connectivity index (χ4n) is 1.79. The van der Waals surface area contributed by atoms with Crippen LogP contribution in [0.1, 0.15) is 0 Å². The third-order valence-electron chi connectivity index (χ3n) is 2.98. The quantitative estimate of drug-likeness (QED) is 0.306. The average molecular weight is 350 g/mol. The van der Waals surface area contributed by atoms with Crippen LogP contribution in [-0.4, -0.2) is 39.7 Å². The number of imidazole rings is 1. The van der Waals surface area contributed by atoms with Crippen molar-refractivity contribution in [3.63, 3.8) is 0 Å². The molecule has 10 nitrogen and oxygen atoms in total. The third kappa shape index (κ3) is 3.18. The average Bonchev–Trinajstić information content (AvgIpc) is 2.90. The second kappa shape index (κ2) is 5.68. The number of nitrogens with zero attached hydrogens (tertiary/aromatic N) is 2. The number of hydrogen-bond donors (Lipinski definition) is 6. The molecule has 6 N–H and O–H groups in total. The summed E-state index contributed by atoms with van der Waals surface area (Å²) in [6.45, 7) is -0.986. The van der Waals surface area contributed by atoms with Gasteiger partial charge < -0.3 is 29.7 Å². The summed E-state index contributed by atoms with van der Waals surface area (Å²) in [4.78, 5) is 43.2. The van der Waals surface area contributed by atoms with E-state index in [-0.39, 0.29) is 0 Å². The maximum absolute atomic E-state index is 11.3. The highest BCUT2D eigenvalue weighted by Gasteiger charge is 2.62. The van der Waals surface area contributed by atoms with Crippen LogP contribution in [0.3, 0.4) is 0 Å². The Balaban J connectivity index is 2.43. The van der Waals surface area contributed by atoms with Crippen LogP contribution in [0.15, 0.2) is 37.1 Å². The van der Waals surface area contributed by atoms with E-state index in [0.717, 1.165) is 4.57 Å². The fourth-order valence-corrected chi connectivity index (χ4v) is 3.84. The first-order chi connectivity index (χ1) is 10.0. The summed E-state index contributed by atoms with van der Waals surface area (Å²) in [5.74, 6) is 0. The molecule has 0 aliphatic carbocycles. The molecule has 0 aliphatic heterocycles. The van der Waals surface area contributed by atoms with E-state index in [9.17, 15) is 14.2 Å². The lowest BCUT2D eigenvalue weighted by atomic mass is 10.2. The smallest absolute Gasteiger partial charge is 0.363 e. The summed E-state index contributed by atoms with van der Waals surface area (Å²) in [6.07, 6.45) is 5.66. The second-order valence-corrected chi connectivity index (χ2v) is 8.59. The summed E-state index contributed by atoms with van der Waals surface area (Å²) < 4.78 is 23.8. The predicted molar refractivity (Wildman–Crippen MR) is 73.3 cm³/mol. The summed E-state index contributed by atoms with van der Waals surface area (Å²) in [6, 6.07) is 3.13. The molecule has 2 heterocycles. The van der Waals surface area contributed by atoms with Crippen molar-refractivity contribution in [2.75, 3.05) is 0 Å². The van der Waals surface area contributed by atoms with Gasteiger partial charge in [0.25, 0.3) is 0 Å². The minimum atomic E-state index is -5.50. The van der Waals surface area contributed by atoms with E-state index in [1.165, 1.54) is 24.8 Å². The molecule has 0 saturated carbocycles. The molecule has 120 valence electrons. The van der Waals surface area contributed by atoms with Crippen molar-refractivity contribution in [2.24, 2.45) is 0 Å². The summed E-state index contributed by atoms with van der Waals surface area (Å²) in [7, 11) is -11.0. The predicted octanol–water partition coefficient (Wildman–Crippen LogP) is -0.634. The Bertz CT molecular complexity index is 730. The van der Waals surface area contributed by atoms with Crippen molar-refractivity contribution in [3.05, 3.63) is 37.1 Å². The van der Waals surface area contributed by atoms with Crippen LogP contribution in [0.2, 0.25) is 0 Å². The molecule has 2 aromatic rings. The number of aromatic nitrogens is 3. The summed E-state index contributed by atoms with van der Waals surface area (Å²) in [5, 5.41) is 6.39. The maximum atomic E-state index is 11.3. The van der Waals surface area contributed by atoms with Gasteiger partial charge in [0.1, 0.15) is 0 Å². The lowest BCUT2D eigenvalue weighted by Gasteiger charge is -2.26. The van der Waals surface area contributed by atoms with Gasteiger partial charge in [-0.1, -0.05) is 0 Å². The van der Waals surface area contributed by atoms with Gasteiger partial charge in [0.05, 0.1) is 17.6 Å². The van der Waals surface area contributed by atoms with Crippen molar-refractivity contribution < 1.29 is 38.4 Å². The Morgan fingerprint density at radius 1 is 1.23 bits per heavy atom. The summed E-state index contributed by atoms with van der Waals surface area (Å²) in [5.41, 5.74) is 1.05. The van der Waals surface area contributed by atoms with E-state index in [0.29, 0.717) is 11.3 Å². The van der Waals surface area contributed by atoms with Gasteiger partial charge in [-0.3, -0.25) is 9.13 Å². The van der Waals surface area contributed by atoms with E-state index >= 15 is 0 Å².